The highest BCUT2D eigenvalue weighted by molar-refractivity contribution is 5.54. The van der Waals surface area contributed by atoms with Crippen LogP contribution in [0, 0.1) is 5.41 Å². The number of ether oxygens (including phenoxy) is 2. The zero-order valence-corrected chi connectivity index (χ0v) is 13.2. The number of rotatable bonds is 10. The monoisotopic (exact) mass is 297 g/mol. The van der Waals surface area contributed by atoms with E-state index in [1.165, 1.54) is 0 Å². The Labute approximate surface area is 126 Å². The number of methoxy groups -OCH3 is 1. The van der Waals surface area contributed by atoms with E-state index in [4.69, 9.17) is 14.6 Å². The lowest BCUT2D eigenvalue weighted by Crippen LogP contribution is -2.32. The summed E-state index contributed by atoms with van der Waals surface area (Å²) < 4.78 is 10.7. The SMILES string of the molecule is CCC(CC)(CO)CNc1ccc(OC)c(OCCO)c1. The first kappa shape index (κ1) is 17.6. The molecular weight excluding hydrogens is 270 g/mol. The number of aliphatic hydroxyl groups excluding tert-OH is 2. The minimum Gasteiger partial charge on any atom is -0.493 e. The zero-order chi connectivity index (χ0) is 15.7. The Morgan fingerprint density at radius 3 is 2.38 bits per heavy atom. The summed E-state index contributed by atoms with van der Waals surface area (Å²) in [5, 5.41) is 21.8. The van der Waals surface area contributed by atoms with Gasteiger partial charge >= 0.3 is 0 Å². The third-order valence-electron chi connectivity index (χ3n) is 4.02. The summed E-state index contributed by atoms with van der Waals surface area (Å²) in [5.41, 5.74) is 0.801. The summed E-state index contributed by atoms with van der Waals surface area (Å²) in [6, 6.07) is 5.59. The smallest absolute Gasteiger partial charge is 0.163 e. The van der Waals surface area contributed by atoms with Gasteiger partial charge in [-0.25, -0.2) is 0 Å². The highest BCUT2D eigenvalue weighted by Gasteiger charge is 2.24. The van der Waals surface area contributed by atoms with E-state index in [0.717, 1.165) is 18.5 Å². The second kappa shape index (κ2) is 8.74. The largest absolute Gasteiger partial charge is 0.493 e. The second-order valence-electron chi connectivity index (χ2n) is 5.16. The molecule has 5 heteroatoms. The lowest BCUT2D eigenvalue weighted by atomic mass is 9.83. The van der Waals surface area contributed by atoms with Crippen molar-refractivity contribution in [3.8, 4) is 11.5 Å². The zero-order valence-electron chi connectivity index (χ0n) is 13.2. The third-order valence-corrected chi connectivity index (χ3v) is 4.02. The first-order chi connectivity index (χ1) is 10.1. The molecule has 0 aliphatic carbocycles. The van der Waals surface area contributed by atoms with Crippen LogP contribution in [-0.2, 0) is 0 Å². The van der Waals surface area contributed by atoms with Gasteiger partial charge in [0.2, 0.25) is 0 Å². The maximum Gasteiger partial charge on any atom is 0.163 e. The molecule has 0 aliphatic heterocycles. The molecule has 0 saturated heterocycles. The van der Waals surface area contributed by atoms with Crippen molar-refractivity contribution in [2.75, 3.05) is 38.8 Å². The van der Waals surface area contributed by atoms with Gasteiger partial charge in [-0.2, -0.15) is 0 Å². The Kier molecular flexibility index (Phi) is 7.32. The first-order valence-electron chi connectivity index (χ1n) is 7.41. The number of aliphatic hydroxyl groups is 2. The maximum atomic E-state index is 9.59. The van der Waals surface area contributed by atoms with E-state index >= 15 is 0 Å². The summed E-state index contributed by atoms with van der Waals surface area (Å²) in [6.07, 6.45) is 1.83. The molecule has 0 spiro atoms. The van der Waals surface area contributed by atoms with Crippen LogP contribution in [0.5, 0.6) is 11.5 Å². The molecular formula is C16H27NO4. The molecule has 120 valence electrons. The van der Waals surface area contributed by atoms with E-state index in [1.807, 2.05) is 18.2 Å². The van der Waals surface area contributed by atoms with E-state index in [9.17, 15) is 5.11 Å². The molecule has 1 aromatic carbocycles. The first-order valence-corrected chi connectivity index (χ1v) is 7.41. The molecule has 3 N–H and O–H groups in total. The summed E-state index contributed by atoms with van der Waals surface area (Å²) >= 11 is 0. The predicted octanol–water partition coefficient (Wildman–Crippen LogP) is 2.28. The van der Waals surface area contributed by atoms with Gasteiger partial charge in [-0.3, -0.25) is 0 Å². The molecule has 0 aliphatic rings. The van der Waals surface area contributed by atoms with Gasteiger partial charge in [0.15, 0.2) is 11.5 Å². The highest BCUT2D eigenvalue weighted by atomic mass is 16.5. The van der Waals surface area contributed by atoms with Crippen LogP contribution in [0.3, 0.4) is 0 Å². The quantitative estimate of drug-likeness (QED) is 0.618. The van der Waals surface area contributed by atoms with Crippen LogP contribution in [0.25, 0.3) is 0 Å². The standard InChI is InChI=1S/C16H27NO4/c1-4-16(5-2,12-19)11-17-13-6-7-14(20-3)15(10-13)21-9-8-18/h6-7,10,17-19H,4-5,8-9,11-12H2,1-3H3. The maximum absolute atomic E-state index is 9.59. The average Bonchev–Trinajstić information content (AvgIpc) is 2.54. The topological polar surface area (TPSA) is 71.0 Å². The van der Waals surface area contributed by atoms with E-state index in [0.29, 0.717) is 18.0 Å². The Balaban J connectivity index is 2.79. The molecule has 0 saturated carbocycles. The fraction of sp³-hybridized carbons (Fsp3) is 0.625. The van der Waals surface area contributed by atoms with Crippen molar-refractivity contribution < 1.29 is 19.7 Å². The molecule has 0 heterocycles. The molecule has 5 nitrogen and oxygen atoms in total. The molecule has 21 heavy (non-hydrogen) atoms. The summed E-state index contributed by atoms with van der Waals surface area (Å²) in [7, 11) is 1.58. The van der Waals surface area contributed by atoms with Gasteiger partial charge in [0.25, 0.3) is 0 Å². The Bertz CT molecular complexity index is 410. The van der Waals surface area contributed by atoms with Crippen molar-refractivity contribution in [3.63, 3.8) is 0 Å². The fourth-order valence-electron chi connectivity index (χ4n) is 2.12. The van der Waals surface area contributed by atoms with Crippen molar-refractivity contribution in [2.24, 2.45) is 5.41 Å². The Morgan fingerprint density at radius 1 is 1.14 bits per heavy atom. The Morgan fingerprint density at radius 2 is 1.86 bits per heavy atom. The minimum atomic E-state index is -0.105. The van der Waals surface area contributed by atoms with Crippen molar-refractivity contribution in [1.82, 2.24) is 0 Å². The number of hydrogen-bond donors (Lipinski definition) is 3. The molecule has 0 unspecified atom stereocenters. The highest BCUT2D eigenvalue weighted by Crippen LogP contribution is 2.32. The van der Waals surface area contributed by atoms with Gasteiger partial charge < -0.3 is 25.0 Å². The van der Waals surface area contributed by atoms with Crippen molar-refractivity contribution in [1.29, 1.82) is 0 Å². The Hall–Kier alpha value is -1.46. The number of anilines is 1. The van der Waals surface area contributed by atoms with Gasteiger partial charge in [0, 0.05) is 23.7 Å². The van der Waals surface area contributed by atoms with Crippen LogP contribution in [0.4, 0.5) is 5.69 Å². The molecule has 1 rings (SSSR count). The van der Waals surface area contributed by atoms with Gasteiger partial charge in [-0.1, -0.05) is 13.8 Å². The van der Waals surface area contributed by atoms with Crippen molar-refractivity contribution in [3.05, 3.63) is 18.2 Å². The van der Waals surface area contributed by atoms with Crippen molar-refractivity contribution >= 4 is 5.69 Å². The van der Waals surface area contributed by atoms with Gasteiger partial charge in [-0.05, 0) is 25.0 Å². The summed E-state index contributed by atoms with van der Waals surface area (Å²) in [6.45, 7) is 5.22. The van der Waals surface area contributed by atoms with Crippen LogP contribution in [0.1, 0.15) is 26.7 Å². The van der Waals surface area contributed by atoms with E-state index in [-0.39, 0.29) is 25.2 Å². The molecule has 0 atom stereocenters. The van der Waals surface area contributed by atoms with Crippen LogP contribution >= 0.6 is 0 Å². The third kappa shape index (κ3) is 4.79. The fourth-order valence-corrected chi connectivity index (χ4v) is 2.12. The van der Waals surface area contributed by atoms with E-state index in [2.05, 4.69) is 19.2 Å². The van der Waals surface area contributed by atoms with E-state index < -0.39 is 0 Å². The van der Waals surface area contributed by atoms with Crippen molar-refractivity contribution in [2.45, 2.75) is 26.7 Å². The van der Waals surface area contributed by atoms with Gasteiger partial charge in [-0.15, -0.1) is 0 Å². The number of benzene rings is 1. The van der Waals surface area contributed by atoms with Gasteiger partial charge in [0.05, 0.1) is 20.3 Å². The molecule has 0 bridgehead atoms. The average molecular weight is 297 g/mol. The van der Waals surface area contributed by atoms with E-state index in [1.54, 1.807) is 7.11 Å². The lowest BCUT2D eigenvalue weighted by molar-refractivity contribution is 0.127. The summed E-state index contributed by atoms with van der Waals surface area (Å²) in [5.74, 6) is 1.23. The summed E-state index contributed by atoms with van der Waals surface area (Å²) in [4.78, 5) is 0. The number of hydrogen-bond acceptors (Lipinski definition) is 5. The van der Waals surface area contributed by atoms with Crippen LogP contribution in [0.2, 0.25) is 0 Å². The minimum absolute atomic E-state index is 0.0416. The van der Waals surface area contributed by atoms with Gasteiger partial charge in [0.1, 0.15) is 6.61 Å². The molecule has 0 fully saturated rings. The predicted molar refractivity (Wildman–Crippen MR) is 84.2 cm³/mol. The van der Waals surface area contributed by atoms with Crippen LogP contribution in [-0.4, -0.2) is 43.7 Å². The molecule has 0 aromatic heterocycles. The molecule has 1 aromatic rings. The lowest BCUT2D eigenvalue weighted by Gasteiger charge is -2.30. The van der Waals surface area contributed by atoms with Crippen LogP contribution in [0.15, 0.2) is 18.2 Å². The molecule has 0 amide bonds. The number of nitrogens with one attached hydrogen (secondary N) is 1. The van der Waals surface area contributed by atoms with Crippen LogP contribution < -0.4 is 14.8 Å². The second-order valence-corrected chi connectivity index (χ2v) is 5.16. The normalized spacial score (nSPS) is 11.3. The molecule has 0 radical (unpaired) electrons.